The fourth-order valence-corrected chi connectivity index (χ4v) is 6.45. The lowest BCUT2D eigenvalue weighted by Gasteiger charge is -2.43. The molecule has 0 rings (SSSR count). The second-order valence-corrected chi connectivity index (χ2v) is 13.3. The van der Waals surface area contributed by atoms with Crippen LogP contribution >= 0.6 is 0 Å². The zero-order chi connectivity index (χ0) is 33.1. The van der Waals surface area contributed by atoms with Gasteiger partial charge in [0.25, 0.3) is 0 Å². The Hall–Kier alpha value is -1.89. The quantitative estimate of drug-likeness (QED) is 0.0390. The molecule has 0 aromatic rings. The summed E-state index contributed by atoms with van der Waals surface area (Å²) < 4.78 is 0.259. The molecule has 0 radical (unpaired) electrons. The molecule has 0 fully saturated rings. The molecule has 3 unspecified atom stereocenters. The number of carboxylic acids is 3. The van der Waals surface area contributed by atoms with Crippen LogP contribution in [0.25, 0.3) is 0 Å². The number of quaternary nitrogens is 1. The maximum atomic E-state index is 12.0. The van der Waals surface area contributed by atoms with Gasteiger partial charge in [-0.1, -0.05) is 117 Å². The Bertz CT molecular complexity index is 707. The van der Waals surface area contributed by atoms with E-state index >= 15 is 0 Å². The number of unbranched alkanes of at least 4 members (excludes halogenated alkanes) is 16. The minimum atomic E-state index is -0.887. The molecule has 0 bridgehead atoms. The molecule has 0 amide bonds. The lowest BCUT2D eigenvalue weighted by Crippen LogP contribution is -2.58. The third kappa shape index (κ3) is 21.0. The molecule has 0 aliphatic heterocycles. The number of nitrogens with zero attached hydrogens (tertiary/aromatic N) is 1. The van der Waals surface area contributed by atoms with Gasteiger partial charge in [-0.05, 0) is 57.8 Å². The van der Waals surface area contributed by atoms with Crippen LogP contribution in [0.3, 0.4) is 0 Å². The van der Waals surface area contributed by atoms with E-state index in [4.69, 9.17) is 0 Å². The molecule has 0 aromatic heterocycles. The van der Waals surface area contributed by atoms with Crippen LogP contribution in [0, 0.1) is 17.8 Å². The predicted molar refractivity (Wildman–Crippen MR) is 182 cm³/mol. The highest BCUT2D eigenvalue weighted by molar-refractivity contribution is 5.71. The molecule has 0 heterocycles. The van der Waals surface area contributed by atoms with Crippen molar-refractivity contribution in [1.29, 1.82) is 0 Å². The molecule has 258 valence electrons. The number of aliphatic carboxylic acids is 3. The Morgan fingerprint density at radius 2 is 0.773 bits per heavy atom. The van der Waals surface area contributed by atoms with Gasteiger partial charge in [-0.3, -0.25) is 14.4 Å². The average Bonchev–Trinajstić information content (AvgIpc) is 2.99. The first kappa shape index (κ1) is 42.1. The van der Waals surface area contributed by atoms with Crippen LogP contribution in [-0.4, -0.2) is 63.9 Å². The van der Waals surface area contributed by atoms with Crippen molar-refractivity contribution < 1.29 is 34.2 Å². The summed E-state index contributed by atoms with van der Waals surface area (Å²) in [6.07, 6.45) is 28.5. The summed E-state index contributed by atoms with van der Waals surface area (Å²) >= 11 is 0. The van der Waals surface area contributed by atoms with Crippen LogP contribution in [-0.2, 0) is 14.4 Å². The summed E-state index contributed by atoms with van der Waals surface area (Å²) in [5, 5.41) is 29.5. The van der Waals surface area contributed by atoms with Gasteiger partial charge in [-0.25, -0.2) is 0 Å². The number of carboxylic acid groups (broad SMARTS) is 3. The lowest BCUT2D eigenvalue weighted by molar-refractivity contribution is -0.935. The Morgan fingerprint density at radius 1 is 0.477 bits per heavy atom. The maximum Gasteiger partial charge on any atom is 0.312 e. The molecule has 0 aromatic carbocycles. The second kappa shape index (κ2) is 27.4. The predicted octanol–water partition coefficient (Wildman–Crippen LogP) is 9.73. The molecular formula is C37H70NO6+. The van der Waals surface area contributed by atoms with Gasteiger partial charge in [0.1, 0.15) is 17.8 Å². The third-order valence-corrected chi connectivity index (χ3v) is 9.49. The Balaban J connectivity index is 4.56. The largest absolute Gasteiger partial charge is 0.481 e. The fourth-order valence-electron chi connectivity index (χ4n) is 6.45. The Morgan fingerprint density at radius 3 is 1.07 bits per heavy atom. The molecule has 3 atom stereocenters. The van der Waals surface area contributed by atoms with E-state index in [1.807, 2.05) is 20.8 Å². The highest BCUT2D eigenvalue weighted by Gasteiger charge is 2.40. The Kier molecular flexibility index (Phi) is 26.2. The van der Waals surface area contributed by atoms with E-state index in [1.165, 1.54) is 96.3 Å². The van der Waals surface area contributed by atoms with E-state index in [9.17, 15) is 29.7 Å². The van der Waals surface area contributed by atoms with E-state index < -0.39 is 35.7 Å². The van der Waals surface area contributed by atoms with Crippen LogP contribution in [0.2, 0.25) is 0 Å². The van der Waals surface area contributed by atoms with Gasteiger partial charge in [0.2, 0.25) is 0 Å². The van der Waals surface area contributed by atoms with E-state index in [1.54, 1.807) is 0 Å². The lowest BCUT2D eigenvalue weighted by atomic mass is 9.95. The normalized spacial score (nSPS) is 15.2. The molecule has 44 heavy (non-hydrogen) atoms. The van der Waals surface area contributed by atoms with Gasteiger partial charge in [0.15, 0.2) is 0 Å². The van der Waals surface area contributed by atoms with Crippen molar-refractivity contribution >= 4 is 17.9 Å². The van der Waals surface area contributed by atoms with E-state index in [-0.39, 0.29) is 24.1 Å². The number of rotatable bonds is 32. The molecule has 0 aliphatic rings. The van der Waals surface area contributed by atoms with Gasteiger partial charge in [0.05, 0.1) is 26.2 Å². The molecular weight excluding hydrogens is 554 g/mol. The van der Waals surface area contributed by atoms with Crippen LogP contribution in [0.1, 0.15) is 163 Å². The van der Waals surface area contributed by atoms with Gasteiger partial charge < -0.3 is 19.8 Å². The fraction of sp³-hybridized carbons (Fsp3) is 0.865. The van der Waals surface area contributed by atoms with Gasteiger partial charge in [0, 0.05) is 0 Å². The van der Waals surface area contributed by atoms with E-state index in [0.717, 1.165) is 19.3 Å². The van der Waals surface area contributed by atoms with Gasteiger partial charge >= 0.3 is 17.9 Å². The molecule has 0 saturated heterocycles. The van der Waals surface area contributed by atoms with Crippen LogP contribution in [0.15, 0.2) is 12.2 Å². The molecule has 0 saturated carbocycles. The van der Waals surface area contributed by atoms with Crippen molar-refractivity contribution in [2.45, 2.75) is 163 Å². The van der Waals surface area contributed by atoms with Crippen LogP contribution in [0.4, 0.5) is 0 Å². The molecule has 3 N–H and O–H groups in total. The third-order valence-electron chi connectivity index (χ3n) is 9.49. The first-order valence-corrected chi connectivity index (χ1v) is 18.3. The monoisotopic (exact) mass is 625 g/mol. The first-order valence-electron chi connectivity index (χ1n) is 18.3. The number of allylic oxidation sites excluding steroid dienone is 2. The minimum absolute atomic E-state index is 0.259. The standard InChI is InChI=1S/C37H69NO6/c1-5-9-10-11-12-13-14-15-16-17-18-19-20-21-22-23-24-25-26-27-28-38(29-32(6-2)35(39)40,30-33(7-3)36(41)42)31-34(8-4)37(43)44/h14-15,32-34H,5-13,16-31H2,1-4H3,(H2-,39,40,41,42,43,44)/p+1/b15-14+. The van der Waals surface area contributed by atoms with E-state index in [2.05, 4.69) is 19.1 Å². The van der Waals surface area contributed by atoms with Crippen molar-refractivity contribution in [3.8, 4) is 0 Å². The minimum Gasteiger partial charge on any atom is -0.481 e. The van der Waals surface area contributed by atoms with Crippen molar-refractivity contribution in [3.63, 3.8) is 0 Å². The summed E-state index contributed by atoms with van der Waals surface area (Å²) in [4.78, 5) is 36.0. The topological polar surface area (TPSA) is 112 Å². The molecule has 7 nitrogen and oxygen atoms in total. The zero-order valence-corrected chi connectivity index (χ0v) is 29.1. The SMILES string of the molecule is CCCCCCC/C=C/CCCCCCCCCCCCC[N+](CC(CC)C(=O)O)(CC(CC)C(=O)O)CC(CC)C(=O)O. The van der Waals surface area contributed by atoms with Crippen molar-refractivity contribution in [2.24, 2.45) is 17.8 Å². The number of hydrogen-bond donors (Lipinski definition) is 3. The smallest absolute Gasteiger partial charge is 0.312 e. The highest BCUT2D eigenvalue weighted by atomic mass is 16.4. The Labute approximate surface area is 270 Å². The second-order valence-electron chi connectivity index (χ2n) is 13.3. The molecule has 0 spiro atoms. The summed E-state index contributed by atoms with van der Waals surface area (Å²) in [6, 6.07) is 0. The number of hydrogen-bond acceptors (Lipinski definition) is 3. The van der Waals surface area contributed by atoms with Gasteiger partial charge in [-0.2, -0.15) is 0 Å². The summed E-state index contributed by atoms with van der Waals surface area (Å²) in [5.74, 6) is -4.51. The highest BCUT2D eigenvalue weighted by Crippen LogP contribution is 2.25. The summed E-state index contributed by atoms with van der Waals surface area (Å²) in [5.41, 5.74) is 0. The first-order chi connectivity index (χ1) is 21.2. The van der Waals surface area contributed by atoms with Crippen molar-refractivity contribution in [2.75, 3.05) is 26.2 Å². The summed E-state index contributed by atoms with van der Waals surface area (Å²) in [7, 11) is 0. The summed E-state index contributed by atoms with van der Waals surface area (Å²) in [6.45, 7) is 9.27. The number of carbonyl (C=O) groups is 3. The molecule has 7 heteroatoms. The van der Waals surface area contributed by atoms with Crippen molar-refractivity contribution in [3.05, 3.63) is 12.2 Å². The maximum absolute atomic E-state index is 12.0. The van der Waals surface area contributed by atoms with E-state index in [0.29, 0.717) is 25.8 Å². The van der Waals surface area contributed by atoms with Crippen LogP contribution < -0.4 is 0 Å². The average molecular weight is 625 g/mol. The van der Waals surface area contributed by atoms with Crippen molar-refractivity contribution in [1.82, 2.24) is 0 Å². The van der Waals surface area contributed by atoms with Crippen LogP contribution in [0.5, 0.6) is 0 Å². The zero-order valence-electron chi connectivity index (χ0n) is 29.1. The molecule has 0 aliphatic carbocycles. The van der Waals surface area contributed by atoms with Gasteiger partial charge in [-0.15, -0.1) is 0 Å².